The van der Waals surface area contributed by atoms with Gasteiger partial charge in [-0.1, -0.05) is 18.2 Å². The minimum absolute atomic E-state index is 0.0490. The van der Waals surface area contributed by atoms with Crippen molar-refractivity contribution in [1.29, 1.82) is 0 Å². The van der Waals surface area contributed by atoms with E-state index in [1.54, 1.807) is 13.0 Å². The fraction of sp³-hybridized carbons (Fsp3) is 0.348. The van der Waals surface area contributed by atoms with E-state index >= 15 is 0 Å². The standard InChI is InChI=1S/C23H26F3N3O12P2/c1-3-13(14-4-6-15(7-5-14)23(24,25)26)10-16(27-2)11-29-18(30)8-9-28(22(29)33)21-20(32)19(31)17(40-21)12-39-43(37,38)41-42(34,35)36/h3-10,17,19-21,31-32H,2,11-12H2,1H3,(H,37,38)(H2,34,35,36)/b13-3+,16-10-/t17-,19?,20?,21-/m1/s1. The van der Waals surface area contributed by atoms with Crippen LogP contribution < -0.4 is 11.2 Å². The van der Waals surface area contributed by atoms with Crippen LogP contribution in [0.5, 0.6) is 0 Å². The second-order valence-electron chi connectivity index (χ2n) is 8.93. The lowest BCUT2D eigenvalue weighted by Crippen LogP contribution is -2.43. The molecule has 1 saturated heterocycles. The number of aliphatic imine (C=N–C) groups is 1. The molecule has 0 amide bonds. The van der Waals surface area contributed by atoms with Crippen LogP contribution in [0.2, 0.25) is 0 Å². The second kappa shape index (κ2) is 13.3. The molecule has 1 aliphatic rings. The Kier molecular flexibility index (Phi) is 10.7. The lowest BCUT2D eigenvalue weighted by Gasteiger charge is -2.19. The zero-order chi connectivity index (χ0) is 32.3. The van der Waals surface area contributed by atoms with Crippen LogP contribution in [0.4, 0.5) is 13.2 Å². The molecule has 0 saturated carbocycles. The van der Waals surface area contributed by atoms with Crippen molar-refractivity contribution in [1.82, 2.24) is 9.13 Å². The SMILES string of the molecule is C=N/C(=C\C(=C/C)c1ccc(C(F)(F)F)cc1)Cn1c(=O)ccn([C@@H]2O[C@H](COP(=O)(O)OP(=O)(O)O)C(O)C2O)c1=O. The summed E-state index contributed by atoms with van der Waals surface area (Å²) >= 11 is 0. The molecule has 1 aliphatic heterocycles. The first-order valence-electron chi connectivity index (χ1n) is 12.0. The van der Waals surface area contributed by atoms with E-state index in [1.807, 2.05) is 0 Å². The van der Waals surface area contributed by atoms with Gasteiger partial charge in [-0.05, 0) is 43.0 Å². The molecule has 43 heavy (non-hydrogen) atoms. The van der Waals surface area contributed by atoms with Crippen molar-refractivity contribution in [3.05, 3.63) is 86.3 Å². The van der Waals surface area contributed by atoms with Gasteiger partial charge in [0.1, 0.15) is 18.3 Å². The minimum Gasteiger partial charge on any atom is -0.387 e. The number of halogens is 3. The molecule has 15 nitrogen and oxygen atoms in total. The van der Waals surface area contributed by atoms with Crippen molar-refractivity contribution in [2.75, 3.05) is 6.61 Å². The van der Waals surface area contributed by atoms with Gasteiger partial charge in [-0.15, -0.1) is 0 Å². The van der Waals surface area contributed by atoms with Crippen LogP contribution in [0, 0.1) is 0 Å². The first-order chi connectivity index (χ1) is 19.9. The van der Waals surface area contributed by atoms with Gasteiger partial charge in [-0.2, -0.15) is 17.5 Å². The number of alkyl halides is 3. The molecule has 2 aromatic rings. The zero-order valence-electron chi connectivity index (χ0n) is 22.0. The number of hydrogen-bond donors (Lipinski definition) is 5. The minimum atomic E-state index is -5.43. The first kappa shape index (κ1) is 34.5. The molecule has 5 N–H and O–H groups in total. The topological polar surface area (TPSA) is 219 Å². The average molecular weight is 655 g/mol. The Morgan fingerprint density at radius 3 is 2.28 bits per heavy atom. The largest absolute Gasteiger partial charge is 0.481 e. The molecule has 2 heterocycles. The third-order valence-corrected chi connectivity index (χ3v) is 8.17. The molecular formula is C23H26F3N3O12P2. The van der Waals surface area contributed by atoms with E-state index in [1.165, 1.54) is 18.2 Å². The van der Waals surface area contributed by atoms with Gasteiger partial charge >= 0.3 is 27.5 Å². The molecule has 0 radical (unpaired) electrons. The van der Waals surface area contributed by atoms with Crippen molar-refractivity contribution in [2.24, 2.45) is 4.99 Å². The number of hydrogen-bond acceptors (Lipinski definition) is 10. The maximum atomic E-state index is 13.2. The van der Waals surface area contributed by atoms with E-state index in [2.05, 4.69) is 20.5 Å². The highest BCUT2D eigenvalue weighted by atomic mass is 31.3. The molecule has 0 spiro atoms. The predicted molar refractivity (Wildman–Crippen MR) is 143 cm³/mol. The molecule has 0 bridgehead atoms. The summed E-state index contributed by atoms with van der Waals surface area (Å²) in [6.45, 7) is 3.51. The summed E-state index contributed by atoms with van der Waals surface area (Å²) in [6.07, 6.45) is -7.58. The second-order valence-corrected chi connectivity index (χ2v) is 11.8. The molecular weight excluding hydrogens is 629 g/mol. The van der Waals surface area contributed by atoms with Crippen LogP contribution >= 0.6 is 15.6 Å². The third-order valence-electron chi connectivity index (χ3n) is 6.02. The fourth-order valence-corrected chi connectivity index (χ4v) is 5.56. The van der Waals surface area contributed by atoms with Gasteiger partial charge in [-0.3, -0.25) is 23.4 Å². The number of nitrogens with zero attached hydrogens (tertiary/aromatic N) is 3. The lowest BCUT2D eigenvalue weighted by atomic mass is 10.0. The fourth-order valence-electron chi connectivity index (χ4n) is 3.96. The van der Waals surface area contributed by atoms with E-state index in [4.69, 9.17) is 14.5 Å². The van der Waals surface area contributed by atoms with E-state index in [-0.39, 0.29) is 5.70 Å². The Labute approximate surface area is 240 Å². The highest BCUT2D eigenvalue weighted by molar-refractivity contribution is 7.60. The van der Waals surface area contributed by atoms with Crippen LogP contribution in [0.1, 0.15) is 24.3 Å². The van der Waals surface area contributed by atoms with Crippen LogP contribution in [-0.4, -0.2) is 65.7 Å². The number of allylic oxidation sites excluding steroid dienone is 4. The first-order valence-corrected chi connectivity index (χ1v) is 15.0. The number of aliphatic hydroxyl groups excluding tert-OH is 2. The van der Waals surface area contributed by atoms with Gasteiger partial charge < -0.3 is 29.6 Å². The summed E-state index contributed by atoms with van der Waals surface area (Å²) in [7, 11) is -10.8. The van der Waals surface area contributed by atoms with Crippen LogP contribution in [0.15, 0.2) is 69.0 Å². The van der Waals surface area contributed by atoms with Crippen molar-refractivity contribution in [3.8, 4) is 0 Å². The monoisotopic (exact) mass is 655 g/mol. The van der Waals surface area contributed by atoms with Gasteiger partial charge in [0.2, 0.25) is 0 Å². The summed E-state index contributed by atoms with van der Waals surface area (Å²) in [5.41, 5.74) is -1.93. The Balaban J connectivity index is 1.85. The number of aromatic nitrogens is 2. The average Bonchev–Trinajstić information content (AvgIpc) is 3.18. The molecule has 1 fully saturated rings. The van der Waals surface area contributed by atoms with E-state index in [0.717, 1.165) is 29.0 Å². The maximum Gasteiger partial charge on any atom is 0.481 e. The van der Waals surface area contributed by atoms with Gasteiger partial charge in [0, 0.05) is 12.3 Å². The predicted octanol–water partition coefficient (Wildman–Crippen LogP) is 1.56. The summed E-state index contributed by atoms with van der Waals surface area (Å²) in [5.74, 6) is 0. The number of phosphoric ester groups is 1. The van der Waals surface area contributed by atoms with Gasteiger partial charge in [0.25, 0.3) is 5.56 Å². The molecule has 236 valence electrons. The molecule has 1 aromatic carbocycles. The summed E-state index contributed by atoms with van der Waals surface area (Å²) < 4.78 is 76.1. The van der Waals surface area contributed by atoms with Crippen LogP contribution in [-0.2, 0) is 35.4 Å². The van der Waals surface area contributed by atoms with Crippen molar-refractivity contribution < 1.29 is 60.8 Å². The summed E-state index contributed by atoms with van der Waals surface area (Å²) in [4.78, 5) is 56.4. The highest BCUT2D eigenvalue weighted by Gasteiger charge is 2.46. The maximum absolute atomic E-state index is 13.2. The lowest BCUT2D eigenvalue weighted by molar-refractivity contribution is -0.137. The van der Waals surface area contributed by atoms with Crippen molar-refractivity contribution >= 4 is 27.9 Å². The number of rotatable bonds is 11. The van der Waals surface area contributed by atoms with Gasteiger partial charge in [0.05, 0.1) is 24.4 Å². The zero-order valence-corrected chi connectivity index (χ0v) is 23.8. The van der Waals surface area contributed by atoms with E-state index < -0.39 is 76.3 Å². The normalized spacial score (nSPS) is 23.3. The van der Waals surface area contributed by atoms with Crippen molar-refractivity contribution in [3.63, 3.8) is 0 Å². The number of aliphatic hydroxyl groups is 2. The highest BCUT2D eigenvalue weighted by Crippen LogP contribution is 2.57. The number of benzene rings is 1. The quantitative estimate of drug-likeness (QED) is 0.132. The Hall–Kier alpha value is -3.02. The number of ether oxygens (including phenoxy) is 1. The van der Waals surface area contributed by atoms with Gasteiger partial charge in [0.15, 0.2) is 6.23 Å². The third kappa shape index (κ3) is 8.77. The summed E-state index contributed by atoms with van der Waals surface area (Å²) in [6, 6.07) is 5.16. The van der Waals surface area contributed by atoms with Crippen molar-refractivity contribution in [2.45, 2.75) is 44.2 Å². The smallest absolute Gasteiger partial charge is 0.387 e. The van der Waals surface area contributed by atoms with Crippen LogP contribution in [0.3, 0.4) is 0 Å². The van der Waals surface area contributed by atoms with E-state index in [0.29, 0.717) is 15.7 Å². The molecule has 20 heteroatoms. The number of phosphoric acid groups is 2. The molecule has 3 rings (SSSR count). The Morgan fingerprint density at radius 1 is 1.12 bits per heavy atom. The van der Waals surface area contributed by atoms with E-state index in [9.17, 15) is 47.0 Å². The van der Waals surface area contributed by atoms with Crippen LogP contribution in [0.25, 0.3) is 5.57 Å². The summed E-state index contributed by atoms with van der Waals surface area (Å²) in [5, 5.41) is 20.8. The molecule has 5 atom stereocenters. The molecule has 0 aliphatic carbocycles. The Bertz CT molecular complexity index is 1610. The molecule has 3 unspecified atom stereocenters. The molecule has 1 aromatic heterocycles. The van der Waals surface area contributed by atoms with Gasteiger partial charge in [-0.25, -0.2) is 13.9 Å². The Morgan fingerprint density at radius 2 is 1.74 bits per heavy atom.